The maximum atomic E-state index is 12.6. The molecule has 0 atom stereocenters. The molecule has 0 bridgehead atoms. The Morgan fingerprint density at radius 3 is 2.56 bits per heavy atom. The Balaban J connectivity index is 3.54. The molecule has 0 unspecified atom stereocenters. The Labute approximate surface area is 94.9 Å². The van der Waals surface area contributed by atoms with Gasteiger partial charge in [0.2, 0.25) is 0 Å². The minimum Gasteiger partial charge on any atom is -0.478 e. The molecule has 16 heavy (non-hydrogen) atoms. The van der Waals surface area contributed by atoms with E-state index in [0.717, 1.165) is 12.1 Å². The highest BCUT2D eigenvalue weighted by Gasteiger charge is 2.21. The number of hydrogen-bond donors (Lipinski definition) is 1. The summed E-state index contributed by atoms with van der Waals surface area (Å²) >= 11 is 5.46. The van der Waals surface area contributed by atoms with Crippen molar-refractivity contribution in [2.75, 3.05) is 0 Å². The van der Waals surface area contributed by atoms with Gasteiger partial charge in [0, 0.05) is 11.4 Å². The number of carboxylic acids is 1. The van der Waals surface area contributed by atoms with Crippen LogP contribution in [0.15, 0.2) is 12.1 Å². The fourth-order valence-corrected chi connectivity index (χ4v) is 1.42. The minimum atomic E-state index is -2.91. The van der Waals surface area contributed by atoms with Crippen LogP contribution >= 0.6 is 11.6 Å². The number of alkyl halides is 3. The van der Waals surface area contributed by atoms with E-state index in [9.17, 15) is 13.6 Å². The number of rotatable bonds is 3. The lowest BCUT2D eigenvalue weighted by Crippen LogP contribution is -2.05. The number of nitriles is 1. The molecule has 84 valence electrons. The Bertz CT molecular complexity index is 469. The number of nitrogens with zero attached hydrogens (tertiary/aromatic N) is 1. The zero-order valence-electron chi connectivity index (χ0n) is 7.88. The second-order valence-corrected chi connectivity index (χ2v) is 3.23. The van der Waals surface area contributed by atoms with Crippen LogP contribution in [0.25, 0.3) is 0 Å². The molecule has 1 rings (SSSR count). The van der Waals surface area contributed by atoms with E-state index in [4.69, 9.17) is 22.0 Å². The van der Waals surface area contributed by atoms with Crippen LogP contribution in [0.5, 0.6) is 0 Å². The molecule has 6 heteroatoms. The van der Waals surface area contributed by atoms with E-state index in [2.05, 4.69) is 0 Å². The summed E-state index contributed by atoms with van der Waals surface area (Å²) in [5, 5.41) is 17.5. The highest BCUT2D eigenvalue weighted by molar-refractivity contribution is 6.17. The number of carbonyl (C=O) groups is 1. The van der Waals surface area contributed by atoms with Crippen molar-refractivity contribution in [3.05, 3.63) is 34.4 Å². The first-order chi connectivity index (χ1) is 7.51. The lowest BCUT2D eigenvalue weighted by atomic mass is 9.99. The van der Waals surface area contributed by atoms with Gasteiger partial charge in [-0.1, -0.05) is 0 Å². The van der Waals surface area contributed by atoms with Crippen molar-refractivity contribution in [1.29, 1.82) is 5.26 Å². The van der Waals surface area contributed by atoms with E-state index in [-0.39, 0.29) is 11.4 Å². The first-order valence-corrected chi connectivity index (χ1v) is 4.69. The third-order valence-electron chi connectivity index (χ3n) is 1.96. The maximum Gasteiger partial charge on any atom is 0.337 e. The monoisotopic (exact) mass is 245 g/mol. The SMILES string of the molecule is N#Cc1c(C(=O)O)cc(CCl)cc1C(F)F. The fourth-order valence-electron chi connectivity index (χ4n) is 1.27. The van der Waals surface area contributed by atoms with Gasteiger partial charge in [-0.05, 0) is 17.7 Å². The summed E-state index contributed by atoms with van der Waals surface area (Å²) in [6.45, 7) is 0. The average molecular weight is 246 g/mol. The summed E-state index contributed by atoms with van der Waals surface area (Å²) in [7, 11) is 0. The quantitative estimate of drug-likeness (QED) is 0.833. The highest BCUT2D eigenvalue weighted by Crippen LogP contribution is 2.27. The van der Waals surface area contributed by atoms with Gasteiger partial charge in [-0.2, -0.15) is 5.26 Å². The third-order valence-corrected chi connectivity index (χ3v) is 2.27. The summed E-state index contributed by atoms with van der Waals surface area (Å²) in [5.74, 6) is -1.52. The van der Waals surface area contributed by atoms with Gasteiger partial charge in [-0.15, -0.1) is 11.6 Å². The largest absolute Gasteiger partial charge is 0.478 e. The second kappa shape index (κ2) is 4.90. The zero-order chi connectivity index (χ0) is 12.3. The summed E-state index contributed by atoms with van der Waals surface area (Å²) in [5.41, 5.74) is -1.32. The van der Waals surface area contributed by atoms with Crippen molar-refractivity contribution >= 4 is 17.6 Å². The Kier molecular flexibility index (Phi) is 3.80. The summed E-state index contributed by atoms with van der Waals surface area (Å²) in [6, 6.07) is 3.64. The van der Waals surface area contributed by atoms with E-state index in [1.165, 1.54) is 6.07 Å². The highest BCUT2D eigenvalue weighted by atomic mass is 35.5. The zero-order valence-corrected chi connectivity index (χ0v) is 8.63. The molecule has 0 saturated heterocycles. The van der Waals surface area contributed by atoms with Crippen LogP contribution in [0.1, 0.15) is 33.5 Å². The first kappa shape index (κ1) is 12.4. The molecule has 1 N–H and O–H groups in total. The van der Waals surface area contributed by atoms with Crippen LogP contribution in [-0.2, 0) is 5.88 Å². The number of benzene rings is 1. The van der Waals surface area contributed by atoms with Crippen LogP contribution < -0.4 is 0 Å². The van der Waals surface area contributed by atoms with Crippen LogP contribution in [0, 0.1) is 11.3 Å². The number of hydrogen-bond acceptors (Lipinski definition) is 2. The van der Waals surface area contributed by atoms with Crippen molar-refractivity contribution in [3.8, 4) is 6.07 Å². The lowest BCUT2D eigenvalue weighted by Gasteiger charge is -2.08. The molecule has 0 fully saturated rings. The second-order valence-electron chi connectivity index (χ2n) is 2.96. The molecule has 1 aromatic carbocycles. The predicted octanol–water partition coefficient (Wildman–Crippen LogP) is 2.93. The standard InChI is InChI=1S/C10H6ClF2NO2/c11-3-5-1-6(9(12)13)8(4-14)7(2-5)10(15)16/h1-2,9H,3H2,(H,15,16). The topological polar surface area (TPSA) is 61.1 Å². The molecule has 0 amide bonds. The smallest absolute Gasteiger partial charge is 0.337 e. The normalized spacial score (nSPS) is 10.2. The Hall–Kier alpha value is -1.67. The maximum absolute atomic E-state index is 12.6. The summed E-state index contributed by atoms with van der Waals surface area (Å²) < 4.78 is 25.2. The molecule has 0 aliphatic rings. The van der Waals surface area contributed by atoms with Crippen LogP contribution in [-0.4, -0.2) is 11.1 Å². The third kappa shape index (κ3) is 2.28. The molecule has 0 aliphatic carbocycles. The van der Waals surface area contributed by atoms with E-state index in [1.54, 1.807) is 0 Å². The minimum absolute atomic E-state index is 0.0916. The van der Waals surface area contributed by atoms with Crippen molar-refractivity contribution < 1.29 is 18.7 Å². The number of halogens is 3. The van der Waals surface area contributed by atoms with E-state index >= 15 is 0 Å². The molecule has 1 aromatic rings. The van der Waals surface area contributed by atoms with E-state index in [0.29, 0.717) is 0 Å². The Morgan fingerprint density at radius 2 is 2.19 bits per heavy atom. The van der Waals surface area contributed by atoms with Gasteiger partial charge >= 0.3 is 5.97 Å². The molecule has 3 nitrogen and oxygen atoms in total. The lowest BCUT2D eigenvalue weighted by molar-refractivity contribution is 0.0696. The molecular weight excluding hydrogens is 240 g/mol. The van der Waals surface area contributed by atoms with Crippen molar-refractivity contribution in [1.82, 2.24) is 0 Å². The molecular formula is C10H6ClF2NO2. The summed E-state index contributed by atoms with van der Waals surface area (Å²) in [6.07, 6.45) is -2.91. The Morgan fingerprint density at radius 1 is 1.56 bits per heavy atom. The van der Waals surface area contributed by atoms with Gasteiger partial charge in [0.15, 0.2) is 0 Å². The molecule has 0 aromatic heterocycles. The molecule has 0 radical (unpaired) electrons. The fraction of sp³-hybridized carbons (Fsp3) is 0.200. The van der Waals surface area contributed by atoms with Crippen molar-refractivity contribution in [3.63, 3.8) is 0 Å². The first-order valence-electron chi connectivity index (χ1n) is 4.15. The molecule has 0 aliphatic heterocycles. The van der Waals surface area contributed by atoms with Crippen molar-refractivity contribution in [2.45, 2.75) is 12.3 Å². The molecule has 0 saturated carbocycles. The molecule has 0 spiro atoms. The number of carboxylic acid groups (broad SMARTS) is 1. The van der Waals surface area contributed by atoms with E-state index in [1.807, 2.05) is 0 Å². The van der Waals surface area contributed by atoms with Crippen LogP contribution in [0.2, 0.25) is 0 Å². The van der Waals surface area contributed by atoms with Gasteiger partial charge in [0.25, 0.3) is 6.43 Å². The van der Waals surface area contributed by atoms with E-state index < -0.39 is 29.1 Å². The van der Waals surface area contributed by atoms with Crippen molar-refractivity contribution in [2.24, 2.45) is 0 Å². The predicted molar refractivity (Wildman–Crippen MR) is 52.6 cm³/mol. The molecule has 0 heterocycles. The van der Waals surface area contributed by atoms with Gasteiger partial charge in [-0.25, -0.2) is 13.6 Å². The van der Waals surface area contributed by atoms with Gasteiger partial charge < -0.3 is 5.11 Å². The van der Waals surface area contributed by atoms with Gasteiger partial charge in [-0.3, -0.25) is 0 Å². The van der Waals surface area contributed by atoms with Crippen LogP contribution in [0.3, 0.4) is 0 Å². The average Bonchev–Trinajstić information content (AvgIpc) is 2.26. The van der Waals surface area contributed by atoms with Crippen LogP contribution in [0.4, 0.5) is 8.78 Å². The number of aromatic carboxylic acids is 1. The summed E-state index contributed by atoms with van der Waals surface area (Å²) in [4.78, 5) is 10.8. The van der Waals surface area contributed by atoms with Gasteiger partial charge in [0.1, 0.15) is 6.07 Å². The van der Waals surface area contributed by atoms with Gasteiger partial charge in [0.05, 0.1) is 11.1 Å².